The van der Waals surface area contributed by atoms with Crippen LogP contribution in [-0.4, -0.2) is 25.5 Å². The molecule has 1 aromatic carbocycles. The lowest BCUT2D eigenvalue weighted by molar-refractivity contribution is 0.102. The second-order valence-corrected chi connectivity index (χ2v) is 5.80. The van der Waals surface area contributed by atoms with Crippen LogP contribution < -0.4 is 5.32 Å². The van der Waals surface area contributed by atoms with E-state index in [1.165, 1.54) is 10.7 Å². The van der Waals surface area contributed by atoms with E-state index in [9.17, 15) is 9.18 Å². The van der Waals surface area contributed by atoms with Crippen molar-refractivity contribution in [2.24, 2.45) is 7.05 Å². The summed E-state index contributed by atoms with van der Waals surface area (Å²) in [7, 11) is 1.73. The van der Waals surface area contributed by atoms with E-state index in [4.69, 9.17) is 0 Å². The fourth-order valence-electron chi connectivity index (χ4n) is 2.11. The summed E-state index contributed by atoms with van der Waals surface area (Å²) in [6, 6.07) is 8.15. The number of amides is 1. The van der Waals surface area contributed by atoms with Crippen molar-refractivity contribution in [2.75, 3.05) is 5.32 Å². The van der Waals surface area contributed by atoms with Gasteiger partial charge >= 0.3 is 0 Å². The topological polar surface area (TPSA) is 64.7 Å². The molecule has 8 heteroatoms. The van der Waals surface area contributed by atoms with Gasteiger partial charge in [-0.25, -0.2) is 4.39 Å². The van der Waals surface area contributed by atoms with Gasteiger partial charge in [0.2, 0.25) is 0 Å². The van der Waals surface area contributed by atoms with Crippen LogP contribution >= 0.6 is 15.9 Å². The molecule has 0 unspecified atom stereocenters. The molecule has 2 aromatic heterocycles. The van der Waals surface area contributed by atoms with Crippen LogP contribution in [0.1, 0.15) is 16.1 Å². The van der Waals surface area contributed by atoms with Crippen molar-refractivity contribution in [3.05, 3.63) is 64.3 Å². The summed E-state index contributed by atoms with van der Waals surface area (Å²) < 4.78 is 17.3. The molecule has 0 saturated carbocycles. The quantitative estimate of drug-likeness (QED) is 0.760. The fraction of sp³-hybridized carbons (Fsp3) is 0.133. The molecule has 1 amide bonds. The van der Waals surface area contributed by atoms with Crippen LogP contribution in [0.3, 0.4) is 0 Å². The number of benzene rings is 1. The lowest BCUT2D eigenvalue weighted by Crippen LogP contribution is -2.14. The Morgan fingerprint density at radius 1 is 1.30 bits per heavy atom. The molecule has 2 heterocycles. The first-order chi connectivity index (χ1) is 11.0. The highest BCUT2D eigenvalue weighted by Gasteiger charge is 2.15. The predicted molar refractivity (Wildman–Crippen MR) is 86.6 cm³/mol. The molecule has 3 rings (SSSR count). The number of carbonyl (C=O) groups excluding carboxylic acids is 1. The van der Waals surface area contributed by atoms with Crippen LogP contribution in [0.4, 0.5) is 10.2 Å². The summed E-state index contributed by atoms with van der Waals surface area (Å²) in [4.78, 5) is 12.1. The Hall–Kier alpha value is -2.48. The second-order valence-electron chi connectivity index (χ2n) is 4.94. The van der Waals surface area contributed by atoms with Gasteiger partial charge in [-0.15, -0.1) is 0 Å². The molecule has 118 valence electrons. The monoisotopic (exact) mass is 377 g/mol. The van der Waals surface area contributed by atoms with Crippen LogP contribution in [0.2, 0.25) is 0 Å². The Balaban J connectivity index is 1.71. The Kier molecular flexibility index (Phi) is 4.24. The number of rotatable bonds is 4. The zero-order chi connectivity index (χ0) is 16.4. The number of anilines is 1. The molecule has 0 aliphatic carbocycles. The van der Waals surface area contributed by atoms with Gasteiger partial charge in [0.25, 0.3) is 5.91 Å². The number of carbonyl (C=O) groups is 1. The van der Waals surface area contributed by atoms with Crippen LogP contribution in [0, 0.1) is 5.82 Å². The zero-order valence-electron chi connectivity index (χ0n) is 12.2. The van der Waals surface area contributed by atoms with E-state index >= 15 is 0 Å². The van der Waals surface area contributed by atoms with Crippen molar-refractivity contribution in [1.82, 2.24) is 19.6 Å². The summed E-state index contributed by atoms with van der Waals surface area (Å²) in [5.74, 6) is -0.275. The molecule has 6 nitrogen and oxygen atoms in total. The molecule has 0 fully saturated rings. The van der Waals surface area contributed by atoms with E-state index in [2.05, 4.69) is 31.4 Å². The largest absolute Gasteiger partial charge is 0.304 e. The van der Waals surface area contributed by atoms with Crippen LogP contribution in [0.5, 0.6) is 0 Å². The molecule has 3 aromatic rings. The molecular formula is C15H13BrFN5O. The molecule has 1 N–H and O–H groups in total. The molecule has 0 aliphatic rings. The number of aryl methyl sites for hydroxylation is 1. The van der Waals surface area contributed by atoms with Gasteiger partial charge < -0.3 is 5.32 Å². The average molecular weight is 378 g/mol. The Labute approximate surface area is 140 Å². The van der Waals surface area contributed by atoms with Crippen molar-refractivity contribution in [2.45, 2.75) is 6.54 Å². The molecule has 23 heavy (non-hydrogen) atoms. The standard InChI is InChI=1S/C15H13BrFN5O/c1-21-9-11(16)14(20-21)15(23)18-13-6-7-22(19-13)8-10-4-2-3-5-12(10)17/h2-7,9H,8H2,1H3,(H,18,19,23). The van der Waals surface area contributed by atoms with E-state index < -0.39 is 0 Å². The number of hydrogen-bond acceptors (Lipinski definition) is 3. The number of nitrogens with zero attached hydrogens (tertiary/aromatic N) is 4. The van der Waals surface area contributed by atoms with E-state index in [0.29, 0.717) is 15.9 Å². The number of aromatic nitrogens is 4. The average Bonchev–Trinajstić information content (AvgIpc) is 3.07. The minimum absolute atomic E-state index is 0.274. The maximum absolute atomic E-state index is 13.6. The smallest absolute Gasteiger partial charge is 0.278 e. The van der Waals surface area contributed by atoms with Gasteiger partial charge in [0.05, 0.1) is 11.0 Å². The first-order valence-corrected chi connectivity index (χ1v) is 7.59. The molecule has 0 bridgehead atoms. The molecular weight excluding hydrogens is 365 g/mol. The molecule has 0 atom stereocenters. The van der Waals surface area contributed by atoms with Crippen LogP contribution in [0.15, 0.2) is 47.2 Å². The van der Waals surface area contributed by atoms with Crippen LogP contribution in [0.25, 0.3) is 0 Å². The highest BCUT2D eigenvalue weighted by molar-refractivity contribution is 9.10. The lowest BCUT2D eigenvalue weighted by Gasteiger charge is -2.03. The summed E-state index contributed by atoms with van der Waals surface area (Å²) in [6.45, 7) is 0.288. The van der Waals surface area contributed by atoms with Gasteiger partial charge in [-0.1, -0.05) is 18.2 Å². The SMILES string of the molecule is Cn1cc(Br)c(C(=O)Nc2ccn(Cc3ccccc3F)n2)n1. The van der Waals surface area contributed by atoms with Gasteiger partial charge in [0.1, 0.15) is 5.82 Å². The molecule has 0 radical (unpaired) electrons. The highest BCUT2D eigenvalue weighted by Crippen LogP contribution is 2.16. The normalized spacial score (nSPS) is 10.7. The summed E-state index contributed by atoms with van der Waals surface area (Å²) in [5.41, 5.74) is 0.803. The Morgan fingerprint density at radius 3 is 2.78 bits per heavy atom. The Morgan fingerprint density at radius 2 is 2.09 bits per heavy atom. The third-order valence-corrected chi connectivity index (χ3v) is 3.75. The third kappa shape index (κ3) is 3.48. The van der Waals surface area contributed by atoms with Gasteiger partial charge in [-0.2, -0.15) is 10.2 Å². The first kappa shape index (κ1) is 15.4. The lowest BCUT2D eigenvalue weighted by atomic mass is 10.2. The molecule has 0 spiro atoms. The van der Waals surface area contributed by atoms with E-state index in [-0.39, 0.29) is 24.0 Å². The third-order valence-electron chi connectivity index (χ3n) is 3.17. The number of nitrogens with one attached hydrogen (secondary N) is 1. The van der Waals surface area contributed by atoms with Gasteiger partial charge in [0, 0.05) is 31.1 Å². The van der Waals surface area contributed by atoms with Gasteiger partial charge in [-0.3, -0.25) is 14.2 Å². The van der Waals surface area contributed by atoms with Gasteiger partial charge in [0.15, 0.2) is 11.5 Å². The van der Waals surface area contributed by atoms with E-state index in [1.54, 1.807) is 48.4 Å². The maximum Gasteiger partial charge on any atom is 0.278 e. The molecule has 0 saturated heterocycles. The van der Waals surface area contributed by atoms with Crippen molar-refractivity contribution in [1.29, 1.82) is 0 Å². The van der Waals surface area contributed by atoms with Gasteiger partial charge in [-0.05, 0) is 22.0 Å². The van der Waals surface area contributed by atoms with Crippen molar-refractivity contribution in [3.63, 3.8) is 0 Å². The van der Waals surface area contributed by atoms with Crippen molar-refractivity contribution in [3.8, 4) is 0 Å². The van der Waals surface area contributed by atoms with Crippen LogP contribution in [-0.2, 0) is 13.6 Å². The van der Waals surface area contributed by atoms with Crippen molar-refractivity contribution >= 4 is 27.7 Å². The number of hydrogen-bond donors (Lipinski definition) is 1. The predicted octanol–water partition coefficient (Wildman–Crippen LogP) is 2.82. The number of halogens is 2. The first-order valence-electron chi connectivity index (χ1n) is 6.80. The minimum Gasteiger partial charge on any atom is -0.304 e. The fourth-order valence-corrected chi connectivity index (χ4v) is 2.66. The Bertz CT molecular complexity index is 857. The minimum atomic E-state index is -0.367. The summed E-state index contributed by atoms with van der Waals surface area (Å²) in [6.07, 6.45) is 3.36. The summed E-state index contributed by atoms with van der Waals surface area (Å²) in [5, 5.41) is 10.9. The maximum atomic E-state index is 13.6. The van der Waals surface area contributed by atoms with E-state index in [1.807, 2.05) is 0 Å². The molecule has 0 aliphatic heterocycles. The summed E-state index contributed by atoms with van der Waals surface area (Å²) >= 11 is 3.28. The second kappa shape index (κ2) is 6.33. The van der Waals surface area contributed by atoms with Crippen molar-refractivity contribution < 1.29 is 9.18 Å². The zero-order valence-corrected chi connectivity index (χ0v) is 13.8. The highest BCUT2D eigenvalue weighted by atomic mass is 79.9. The van der Waals surface area contributed by atoms with E-state index in [0.717, 1.165) is 0 Å².